The predicted molar refractivity (Wildman–Crippen MR) is 44.3 cm³/mol. The third-order valence-corrected chi connectivity index (χ3v) is 3.75. The van der Waals surface area contributed by atoms with Crippen LogP contribution in [-0.2, 0) is 9.84 Å². The summed E-state index contributed by atoms with van der Waals surface area (Å²) in [6.45, 7) is 3.51. The van der Waals surface area contributed by atoms with Gasteiger partial charge in [-0.15, -0.1) is 11.6 Å². The van der Waals surface area contributed by atoms with Gasteiger partial charge in [-0.25, -0.2) is 8.42 Å². The summed E-state index contributed by atoms with van der Waals surface area (Å²) in [5.41, 5.74) is 0. The van der Waals surface area contributed by atoms with E-state index in [0.717, 1.165) is 0 Å². The third-order valence-electron chi connectivity index (χ3n) is 1.32. The zero-order valence-corrected chi connectivity index (χ0v) is 7.87. The molecule has 1 atom stereocenters. The lowest BCUT2D eigenvalue weighted by atomic mass is 10.4. The summed E-state index contributed by atoms with van der Waals surface area (Å²) >= 11 is 5.65. The molecule has 0 rings (SSSR count). The Morgan fingerprint density at radius 2 is 1.90 bits per heavy atom. The Labute approximate surface area is 67.5 Å². The van der Waals surface area contributed by atoms with Crippen LogP contribution in [-0.4, -0.2) is 25.3 Å². The molecule has 2 nitrogen and oxygen atoms in total. The van der Waals surface area contributed by atoms with Crippen LogP contribution >= 0.6 is 11.6 Å². The van der Waals surface area contributed by atoms with Crippen LogP contribution in [0.5, 0.6) is 0 Å². The van der Waals surface area contributed by atoms with Gasteiger partial charge in [-0.1, -0.05) is 13.8 Å². The van der Waals surface area contributed by atoms with E-state index < -0.39 is 9.84 Å². The van der Waals surface area contributed by atoms with Gasteiger partial charge in [0.1, 0.15) is 0 Å². The second-order valence-electron chi connectivity index (χ2n) is 2.20. The summed E-state index contributed by atoms with van der Waals surface area (Å²) in [5, 5.41) is -0.218. The largest absolute Gasteiger partial charge is 0.229 e. The van der Waals surface area contributed by atoms with Crippen molar-refractivity contribution in [2.45, 2.75) is 25.6 Å². The molecule has 1 unspecified atom stereocenters. The third kappa shape index (κ3) is 4.12. The number of rotatable bonds is 4. The maximum atomic E-state index is 10.9. The minimum Gasteiger partial charge on any atom is -0.229 e. The smallest absolute Gasteiger partial charge is 0.151 e. The van der Waals surface area contributed by atoms with Gasteiger partial charge in [0.25, 0.3) is 0 Å². The van der Waals surface area contributed by atoms with Crippen molar-refractivity contribution in [2.24, 2.45) is 0 Å². The van der Waals surface area contributed by atoms with Crippen LogP contribution in [0.4, 0.5) is 0 Å². The molecule has 0 saturated heterocycles. The molecule has 0 heterocycles. The van der Waals surface area contributed by atoms with Crippen molar-refractivity contribution in [1.29, 1.82) is 0 Å². The molecule has 0 bridgehead atoms. The second kappa shape index (κ2) is 4.19. The second-order valence-corrected chi connectivity index (χ2v) is 5.22. The maximum absolute atomic E-state index is 10.9. The molecule has 0 amide bonds. The average Bonchev–Trinajstić information content (AvgIpc) is 1.87. The monoisotopic (exact) mass is 184 g/mol. The fourth-order valence-electron chi connectivity index (χ4n) is 0.511. The molecule has 0 N–H and O–H groups in total. The van der Waals surface area contributed by atoms with E-state index in [9.17, 15) is 8.42 Å². The van der Waals surface area contributed by atoms with E-state index in [1.165, 1.54) is 0 Å². The van der Waals surface area contributed by atoms with Crippen molar-refractivity contribution in [2.75, 3.05) is 11.5 Å². The summed E-state index contributed by atoms with van der Waals surface area (Å²) in [6, 6.07) is 0. The SMILES string of the molecule is CCC(Cl)CS(=O)(=O)CC. The molecule has 0 aromatic heterocycles. The van der Waals surface area contributed by atoms with Gasteiger partial charge in [0, 0.05) is 11.1 Å². The van der Waals surface area contributed by atoms with Gasteiger partial charge in [0.15, 0.2) is 9.84 Å². The van der Waals surface area contributed by atoms with E-state index in [-0.39, 0.29) is 16.9 Å². The fourth-order valence-corrected chi connectivity index (χ4v) is 2.11. The zero-order chi connectivity index (χ0) is 8.20. The highest BCUT2D eigenvalue weighted by Crippen LogP contribution is 2.05. The maximum Gasteiger partial charge on any atom is 0.151 e. The lowest BCUT2D eigenvalue weighted by molar-refractivity contribution is 0.594. The Hall–Kier alpha value is 0.240. The van der Waals surface area contributed by atoms with E-state index in [0.29, 0.717) is 6.42 Å². The summed E-state index contributed by atoms with van der Waals surface area (Å²) in [4.78, 5) is 0. The highest BCUT2D eigenvalue weighted by atomic mass is 35.5. The molecule has 0 fully saturated rings. The Morgan fingerprint density at radius 3 is 2.20 bits per heavy atom. The summed E-state index contributed by atoms with van der Waals surface area (Å²) < 4.78 is 21.8. The highest BCUT2D eigenvalue weighted by Gasteiger charge is 2.12. The molecule has 0 aliphatic heterocycles. The van der Waals surface area contributed by atoms with Crippen LogP contribution in [0.15, 0.2) is 0 Å². The first-order chi connectivity index (χ1) is 4.52. The zero-order valence-electron chi connectivity index (χ0n) is 6.30. The highest BCUT2D eigenvalue weighted by molar-refractivity contribution is 7.91. The Morgan fingerprint density at radius 1 is 1.40 bits per heavy atom. The molecule has 0 radical (unpaired) electrons. The summed E-state index contributed by atoms with van der Waals surface area (Å²) in [5.74, 6) is 0.303. The quantitative estimate of drug-likeness (QED) is 0.620. The van der Waals surface area contributed by atoms with Crippen LogP contribution in [0, 0.1) is 0 Å². The van der Waals surface area contributed by atoms with Gasteiger partial charge in [0.05, 0.1) is 5.75 Å². The molecular weight excluding hydrogens is 172 g/mol. The standard InChI is InChI=1S/C6H13ClO2S/c1-3-6(7)5-10(8,9)4-2/h6H,3-5H2,1-2H3. The van der Waals surface area contributed by atoms with Crippen LogP contribution in [0.1, 0.15) is 20.3 Å². The summed E-state index contributed by atoms with van der Waals surface area (Å²) in [6.07, 6.45) is 0.709. The molecule has 0 aliphatic rings. The minimum absolute atomic E-state index is 0.113. The van der Waals surface area contributed by atoms with E-state index in [1.54, 1.807) is 6.92 Å². The predicted octanol–water partition coefficient (Wildman–Crippen LogP) is 1.44. The van der Waals surface area contributed by atoms with E-state index in [4.69, 9.17) is 11.6 Å². The first kappa shape index (κ1) is 10.2. The van der Waals surface area contributed by atoms with Crippen LogP contribution < -0.4 is 0 Å². The van der Waals surface area contributed by atoms with Gasteiger partial charge >= 0.3 is 0 Å². The first-order valence-electron chi connectivity index (χ1n) is 3.36. The molecular formula is C6H13ClO2S. The van der Waals surface area contributed by atoms with Crippen LogP contribution in [0.25, 0.3) is 0 Å². The Balaban J connectivity index is 3.90. The van der Waals surface area contributed by atoms with Crippen molar-refractivity contribution >= 4 is 21.4 Å². The van der Waals surface area contributed by atoms with Gasteiger partial charge in [0.2, 0.25) is 0 Å². The van der Waals surface area contributed by atoms with Crippen LogP contribution in [0.2, 0.25) is 0 Å². The molecule has 0 spiro atoms. The number of hydrogen-bond acceptors (Lipinski definition) is 2. The van der Waals surface area contributed by atoms with Crippen molar-refractivity contribution < 1.29 is 8.42 Å². The molecule has 0 aromatic rings. The van der Waals surface area contributed by atoms with Crippen molar-refractivity contribution in [3.63, 3.8) is 0 Å². The molecule has 10 heavy (non-hydrogen) atoms. The van der Waals surface area contributed by atoms with Gasteiger partial charge in [-0.05, 0) is 6.42 Å². The minimum atomic E-state index is -2.86. The molecule has 0 aliphatic carbocycles. The van der Waals surface area contributed by atoms with Crippen molar-refractivity contribution in [1.82, 2.24) is 0 Å². The molecule has 62 valence electrons. The molecule has 0 aromatic carbocycles. The van der Waals surface area contributed by atoms with Gasteiger partial charge in [-0.3, -0.25) is 0 Å². The normalized spacial score (nSPS) is 15.1. The number of halogens is 1. The lowest BCUT2D eigenvalue weighted by Gasteiger charge is -2.04. The van der Waals surface area contributed by atoms with Crippen molar-refractivity contribution in [3.8, 4) is 0 Å². The van der Waals surface area contributed by atoms with Crippen LogP contribution in [0.3, 0.4) is 0 Å². The fraction of sp³-hybridized carbons (Fsp3) is 1.00. The summed E-state index contributed by atoms with van der Waals surface area (Å²) in [7, 11) is -2.86. The van der Waals surface area contributed by atoms with E-state index in [2.05, 4.69) is 0 Å². The lowest BCUT2D eigenvalue weighted by Crippen LogP contribution is -2.17. The van der Waals surface area contributed by atoms with Gasteiger partial charge < -0.3 is 0 Å². The van der Waals surface area contributed by atoms with Gasteiger partial charge in [-0.2, -0.15) is 0 Å². The van der Waals surface area contributed by atoms with E-state index in [1.807, 2.05) is 6.92 Å². The topological polar surface area (TPSA) is 34.1 Å². The Bertz CT molecular complexity index is 174. The van der Waals surface area contributed by atoms with E-state index >= 15 is 0 Å². The Kier molecular flexibility index (Phi) is 4.29. The molecule has 0 saturated carbocycles. The number of alkyl halides is 1. The van der Waals surface area contributed by atoms with Crippen molar-refractivity contribution in [3.05, 3.63) is 0 Å². The number of sulfone groups is 1. The average molecular weight is 185 g/mol. The molecule has 4 heteroatoms. The number of hydrogen-bond donors (Lipinski definition) is 0. The first-order valence-corrected chi connectivity index (χ1v) is 5.62.